The van der Waals surface area contributed by atoms with Gasteiger partial charge in [-0.05, 0) is 30.0 Å². The number of nitrogens with two attached hydrogens (primary N) is 1. The average Bonchev–Trinajstić information content (AvgIpc) is 3.36. The molecule has 1 unspecified atom stereocenters. The van der Waals surface area contributed by atoms with Crippen molar-refractivity contribution in [2.45, 2.75) is 12.5 Å². The van der Waals surface area contributed by atoms with Gasteiger partial charge in [0.2, 0.25) is 0 Å². The van der Waals surface area contributed by atoms with E-state index in [1.54, 1.807) is 16.7 Å². The van der Waals surface area contributed by atoms with E-state index in [1.807, 2.05) is 41.8 Å². The number of carbonyl (C=O) groups is 1. The second kappa shape index (κ2) is 6.95. The average molecular weight is 371 g/mol. The van der Waals surface area contributed by atoms with Crippen LogP contribution in [0, 0.1) is 0 Å². The molecule has 1 aliphatic heterocycles. The number of rotatable bonds is 4. The molecule has 0 saturated carbocycles. The standard InChI is InChI=1S/C18H18N4OS2/c19-12-7-8-22(10-12)15-5-2-1-4-13(15)20-17(23)14-11-25-18(21-14)16-6-3-9-24-16/h1-6,9,11-12H,7-8,10,19H2,(H,20,23). The predicted molar refractivity (Wildman–Crippen MR) is 105 cm³/mol. The molecular weight excluding hydrogens is 352 g/mol. The van der Waals surface area contributed by atoms with Crippen LogP contribution in [0.15, 0.2) is 47.2 Å². The Labute approximate surface area is 154 Å². The Balaban J connectivity index is 1.53. The molecule has 1 aliphatic rings. The van der Waals surface area contributed by atoms with Crippen molar-refractivity contribution in [1.82, 2.24) is 4.98 Å². The molecule has 0 radical (unpaired) electrons. The quantitative estimate of drug-likeness (QED) is 0.735. The number of thiazole rings is 1. The lowest BCUT2D eigenvalue weighted by molar-refractivity contribution is 0.102. The van der Waals surface area contributed by atoms with Crippen LogP contribution < -0.4 is 16.0 Å². The first kappa shape index (κ1) is 16.3. The summed E-state index contributed by atoms with van der Waals surface area (Å²) in [7, 11) is 0. The van der Waals surface area contributed by atoms with Gasteiger partial charge in [-0.3, -0.25) is 4.79 Å². The van der Waals surface area contributed by atoms with E-state index in [4.69, 9.17) is 5.73 Å². The predicted octanol–water partition coefficient (Wildman–Crippen LogP) is 3.66. The van der Waals surface area contributed by atoms with E-state index < -0.39 is 0 Å². The highest BCUT2D eigenvalue weighted by atomic mass is 32.1. The zero-order chi connectivity index (χ0) is 17.2. The summed E-state index contributed by atoms with van der Waals surface area (Å²) in [6.45, 7) is 1.72. The Morgan fingerprint density at radius 2 is 2.12 bits per heavy atom. The van der Waals surface area contributed by atoms with E-state index in [0.717, 1.165) is 40.8 Å². The molecule has 0 spiro atoms. The van der Waals surface area contributed by atoms with Crippen molar-refractivity contribution in [2.24, 2.45) is 5.73 Å². The molecule has 128 valence electrons. The highest BCUT2D eigenvalue weighted by Gasteiger charge is 2.22. The number of nitrogens with zero attached hydrogens (tertiary/aromatic N) is 2. The van der Waals surface area contributed by atoms with Crippen molar-refractivity contribution in [3.05, 3.63) is 52.9 Å². The Morgan fingerprint density at radius 1 is 1.24 bits per heavy atom. The van der Waals surface area contributed by atoms with Crippen LogP contribution in [0.5, 0.6) is 0 Å². The second-order valence-electron chi connectivity index (χ2n) is 5.98. The highest BCUT2D eigenvalue weighted by Crippen LogP contribution is 2.30. The molecule has 2 aromatic heterocycles. The van der Waals surface area contributed by atoms with E-state index in [9.17, 15) is 4.79 Å². The van der Waals surface area contributed by atoms with Crippen LogP contribution >= 0.6 is 22.7 Å². The third-order valence-corrected chi connectivity index (χ3v) is 6.07. The largest absolute Gasteiger partial charge is 0.368 e. The monoisotopic (exact) mass is 370 g/mol. The van der Waals surface area contributed by atoms with Gasteiger partial charge in [-0.15, -0.1) is 22.7 Å². The van der Waals surface area contributed by atoms with E-state index in [2.05, 4.69) is 15.2 Å². The lowest BCUT2D eigenvalue weighted by atomic mass is 10.2. The van der Waals surface area contributed by atoms with Crippen LogP contribution in [0.4, 0.5) is 11.4 Å². The van der Waals surface area contributed by atoms with Gasteiger partial charge in [-0.1, -0.05) is 18.2 Å². The number of anilines is 2. The molecule has 4 rings (SSSR count). The van der Waals surface area contributed by atoms with Gasteiger partial charge in [0.15, 0.2) is 0 Å². The molecule has 1 amide bonds. The maximum atomic E-state index is 12.6. The molecule has 1 atom stereocenters. The van der Waals surface area contributed by atoms with Gasteiger partial charge >= 0.3 is 0 Å². The molecule has 5 nitrogen and oxygen atoms in total. The number of aromatic nitrogens is 1. The zero-order valence-electron chi connectivity index (χ0n) is 13.5. The fourth-order valence-corrected chi connectivity index (χ4v) is 4.55. The van der Waals surface area contributed by atoms with Gasteiger partial charge in [0, 0.05) is 24.5 Å². The number of hydrogen-bond acceptors (Lipinski definition) is 6. The molecule has 3 N–H and O–H groups in total. The molecular formula is C18H18N4OS2. The van der Waals surface area contributed by atoms with Crippen LogP contribution in [0.25, 0.3) is 9.88 Å². The van der Waals surface area contributed by atoms with Crippen molar-refractivity contribution in [2.75, 3.05) is 23.3 Å². The Bertz CT molecular complexity index is 875. The summed E-state index contributed by atoms with van der Waals surface area (Å²) in [6.07, 6.45) is 0.971. The molecule has 3 aromatic rings. The first-order chi connectivity index (χ1) is 12.2. The summed E-state index contributed by atoms with van der Waals surface area (Å²) < 4.78 is 0. The number of thiophene rings is 1. The minimum atomic E-state index is -0.185. The van der Waals surface area contributed by atoms with Crippen LogP contribution in [0.1, 0.15) is 16.9 Å². The molecule has 3 heterocycles. The first-order valence-electron chi connectivity index (χ1n) is 8.11. The van der Waals surface area contributed by atoms with E-state index in [0.29, 0.717) is 5.69 Å². The number of hydrogen-bond donors (Lipinski definition) is 2. The van der Waals surface area contributed by atoms with Crippen molar-refractivity contribution in [3.63, 3.8) is 0 Å². The van der Waals surface area contributed by atoms with Gasteiger partial charge in [0.05, 0.1) is 16.3 Å². The first-order valence-corrected chi connectivity index (χ1v) is 9.87. The van der Waals surface area contributed by atoms with Crippen molar-refractivity contribution in [1.29, 1.82) is 0 Å². The number of benzene rings is 1. The summed E-state index contributed by atoms with van der Waals surface area (Å²) in [5, 5.41) is 7.69. The van der Waals surface area contributed by atoms with Gasteiger partial charge in [0.25, 0.3) is 5.91 Å². The van der Waals surface area contributed by atoms with Gasteiger partial charge in [-0.25, -0.2) is 4.98 Å². The number of amides is 1. The van der Waals surface area contributed by atoms with E-state index in [1.165, 1.54) is 11.3 Å². The van der Waals surface area contributed by atoms with Gasteiger partial charge in [-0.2, -0.15) is 0 Å². The molecule has 7 heteroatoms. The zero-order valence-corrected chi connectivity index (χ0v) is 15.1. The topological polar surface area (TPSA) is 71.2 Å². The minimum Gasteiger partial charge on any atom is -0.368 e. The Hall–Kier alpha value is -2.22. The second-order valence-corrected chi connectivity index (χ2v) is 7.79. The summed E-state index contributed by atoms with van der Waals surface area (Å²) in [4.78, 5) is 20.4. The SMILES string of the molecule is NC1CCN(c2ccccc2NC(=O)c2csc(-c3cccs3)n2)C1. The molecule has 1 saturated heterocycles. The van der Waals surface area contributed by atoms with Crippen molar-refractivity contribution < 1.29 is 4.79 Å². The normalized spacial score (nSPS) is 17.0. The van der Waals surface area contributed by atoms with Gasteiger partial charge in [0.1, 0.15) is 10.7 Å². The van der Waals surface area contributed by atoms with Gasteiger partial charge < -0.3 is 16.0 Å². The lowest BCUT2D eigenvalue weighted by Gasteiger charge is -2.21. The molecule has 1 aromatic carbocycles. The molecule has 1 fully saturated rings. The highest BCUT2D eigenvalue weighted by molar-refractivity contribution is 7.20. The lowest BCUT2D eigenvalue weighted by Crippen LogP contribution is -2.27. The Morgan fingerprint density at radius 3 is 2.88 bits per heavy atom. The number of para-hydroxylation sites is 2. The fourth-order valence-electron chi connectivity index (χ4n) is 2.94. The molecule has 0 aliphatic carbocycles. The number of carbonyl (C=O) groups excluding carboxylic acids is 1. The number of nitrogens with one attached hydrogen (secondary N) is 1. The summed E-state index contributed by atoms with van der Waals surface area (Å²) in [5.74, 6) is -0.185. The van der Waals surface area contributed by atoms with Crippen LogP contribution in [-0.4, -0.2) is 30.0 Å². The summed E-state index contributed by atoms with van der Waals surface area (Å²) in [6, 6.07) is 12.0. The maximum Gasteiger partial charge on any atom is 0.275 e. The van der Waals surface area contributed by atoms with E-state index in [-0.39, 0.29) is 11.9 Å². The summed E-state index contributed by atoms with van der Waals surface area (Å²) >= 11 is 3.11. The fraction of sp³-hybridized carbons (Fsp3) is 0.222. The van der Waals surface area contributed by atoms with E-state index >= 15 is 0 Å². The van der Waals surface area contributed by atoms with Crippen molar-refractivity contribution >= 4 is 40.0 Å². The van der Waals surface area contributed by atoms with Crippen molar-refractivity contribution in [3.8, 4) is 9.88 Å². The smallest absolute Gasteiger partial charge is 0.275 e. The van der Waals surface area contributed by atoms with Crippen LogP contribution in [0.2, 0.25) is 0 Å². The molecule has 25 heavy (non-hydrogen) atoms. The Kier molecular flexibility index (Phi) is 4.52. The van der Waals surface area contributed by atoms with Crippen LogP contribution in [-0.2, 0) is 0 Å². The third-order valence-electron chi connectivity index (χ3n) is 4.19. The maximum absolute atomic E-state index is 12.6. The summed E-state index contributed by atoms with van der Waals surface area (Å²) in [5.41, 5.74) is 8.27. The molecule has 0 bridgehead atoms. The third kappa shape index (κ3) is 3.44. The van der Waals surface area contributed by atoms with Crippen LogP contribution in [0.3, 0.4) is 0 Å². The minimum absolute atomic E-state index is 0.185.